The summed E-state index contributed by atoms with van der Waals surface area (Å²) in [6.07, 6.45) is 86.2. The maximum atomic E-state index is 12.8. The summed E-state index contributed by atoms with van der Waals surface area (Å²) < 4.78 is 16.6. The van der Waals surface area contributed by atoms with E-state index >= 15 is 0 Å². The van der Waals surface area contributed by atoms with Gasteiger partial charge in [0.2, 0.25) is 0 Å². The van der Waals surface area contributed by atoms with Crippen LogP contribution in [-0.2, 0) is 28.6 Å². The predicted molar refractivity (Wildman–Crippen MR) is 306 cm³/mol. The van der Waals surface area contributed by atoms with E-state index in [1.807, 2.05) is 24.3 Å². The first kappa shape index (κ1) is 65.5. The van der Waals surface area contributed by atoms with Gasteiger partial charge in [-0.25, -0.2) is 0 Å². The fraction of sp³-hybridized carbons (Fsp3) is 0.492. The van der Waals surface area contributed by atoms with Crippen LogP contribution in [0.25, 0.3) is 0 Å². The van der Waals surface area contributed by atoms with Crippen molar-refractivity contribution in [2.24, 2.45) is 0 Å². The molecule has 0 rings (SSSR count). The van der Waals surface area contributed by atoms with Gasteiger partial charge in [-0.1, -0.05) is 216 Å². The molecule has 0 bridgehead atoms. The molecule has 0 unspecified atom stereocenters. The highest BCUT2D eigenvalue weighted by molar-refractivity contribution is 5.71. The number of rotatable bonds is 46. The maximum absolute atomic E-state index is 12.8. The topological polar surface area (TPSA) is 78.9 Å². The number of ether oxygens (including phenoxy) is 3. The highest BCUT2D eigenvalue weighted by atomic mass is 16.6. The van der Waals surface area contributed by atoms with E-state index in [9.17, 15) is 14.4 Å². The Bertz CT molecular complexity index is 1730. The fourth-order valence-corrected chi connectivity index (χ4v) is 6.38. The van der Waals surface area contributed by atoms with E-state index in [0.29, 0.717) is 19.3 Å². The minimum absolute atomic E-state index is 0.163. The van der Waals surface area contributed by atoms with Crippen molar-refractivity contribution >= 4 is 17.9 Å². The van der Waals surface area contributed by atoms with Crippen LogP contribution < -0.4 is 0 Å². The fourth-order valence-electron chi connectivity index (χ4n) is 6.38. The van der Waals surface area contributed by atoms with Gasteiger partial charge in [-0.05, 0) is 135 Å². The molecule has 0 saturated carbocycles. The summed E-state index contributed by atoms with van der Waals surface area (Å²) in [5.41, 5.74) is 0. The van der Waals surface area contributed by atoms with Crippen LogP contribution in [0.2, 0.25) is 0 Å². The van der Waals surface area contributed by atoms with Crippen molar-refractivity contribution in [2.45, 2.75) is 194 Å². The second-order valence-corrected chi connectivity index (χ2v) is 17.0. The number of unbranched alkanes of at least 4 members (excludes halogenated alkanes) is 5. The van der Waals surface area contributed by atoms with Crippen LogP contribution in [-0.4, -0.2) is 37.2 Å². The molecule has 0 aromatic rings. The SMILES string of the molecule is CC/C=C\C/C=C\C/C=C\C/C=C\C/C=C\C/C=C\CCC(=O)OC[C@H](COC(=O)CCCC/C=C\C/C=C\C/C=C\C/C=C\CC)OC(=O)CC/C=C\C/C=C\C/C=C\C/C=C\C/C=C\CCCCC. The molecule has 0 aromatic heterocycles. The Morgan fingerprint density at radius 2 is 0.563 bits per heavy atom. The quantitative estimate of drug-likeness (QED) is 0.0262. The summed E-state index contributed by atoms with van der Waals surface area (Å²) in [7, 11) is 0. The van der Waals surface area contributed by atoms with E-state index in [1.54, 1.807) is 0 Å². The summed E-state index contributed by atoms with van der Waals surface area (Å²) in [6.45, 7) is 6.18. The van der Waals surface area contributed by atoms with Gasteiger partial charge in [-0.15, -0.1) is 0 Å². The molecule has 392 valence electrons. The first-order chi connectivity index (χ1) is 35.0. The van der Waals surface area contributed by atoms with Crippen molar-refractivity contribution < 1.29 is 28.6 Å². The van der Waals surface area contributed by atoms with Gasteiger partial charge >= 0.3 is 17.9 Å². The molecule has 0 radical (unpaired) electrons. The molecular formula is C65H96O6. The minimum atomic E-state index is -0.877. The highest BCUT2D eigenvalue weighted by Gasteiger charge is 2.19. The Hall–Kier alpha value is -5.49. The lowest BCUT2D eigenvalue weighted by Crippen LogP contribution is -2.30. The molecule has 0 heterocycles. The smallest absolute Gasteiger partial charge is 0.306 e. The predicted octanol–water partition coefficient (Wildman–Crippen LogP) is 18.5. The van der Waals surface area contributed by atoms with E-state index in [4.69, 9.17) is 14.2 Å². The molecule has 0 aliphatic carbocycles. The number of hydrogen-bond donors (Lipinski definition) is 0. The van der Waals surface area contributed by atoms with Crippen LogP contribution in [0.4, 0.5) is 0 Å². The maximum Gasteiger partial charge on any atom is 0.306 e. The molecule has 0 N–H and O–H groups in total. The van der Waals surface area contributed by atoms with Crippen molar-refractivity contribution in [3.63, 3.8) is 0 Å². The molecule has 71 heavy (non-hydrogen) atoms. The minimum Gasteiger partial charge on any atom is -0.462 e. The van der Waals surface area contributed by atoms with Gasteiger partial charge in [-0.2, -0.15) is 0 Å². The van der Waals surface area contributed by atoms with Crippen molar-refractivity contribution in [1.29, 1.82) is 0 Å². The van der Waals surface area contributed by atoms with Crippen LogP contribution in [0.5, 0.6) is 0 Å². The molecule has 0 aliphatic rings. The van der Waals surface area contributed by atoms with E-state index in [0.717, 1.165) is 103 Å². The second-order valence-electron chi connectivity index (χ2n) is 17.0. The molecule has 0 spiro atoms. The zero-order valence-electron chi connectivity index (χ0n) is 44.6. The average molecular weight is 973 g/mol. The normalized spacial score (nSPS) is 13.6. The summed E-state index contributed by atoms with van der Waals surface area (Å²) in [5, 5.41) is 0. The lowest BCUT2D eigenvalue weighted by molar-refractivity contribution is -0.166. The third-order valence-electron chi connectivity index (χ3n) is 10.4. The number of hydrogen-bond acceptors (Lipinski definition) is 6. The summed E-state index contributed by atoms with van der Waals surface area (Å²) >= 11 is 0. The van der Waals surface area contributed by atoms with Gasteiger partial charge in [0.1, 0.15) is 13.2 Å². The van der Waals surface area contributed by atoms with Crippen molar-refractivity contribution in [3.05, 3.63) is 182 Å². The standard InChI is InChI=1S/C65H96O6/c1-4-7-10-13-16-19-22-25-28-30-32-34-37-40-43-46-49-52-55-58-64(67)70-61-62(60-69-63(66)57-54-51-48-45-42-39-36-27-24-21-18-15-12-9-6-3)71-65(68)59-56-53-50-47-44-41-38-35-33-31-29-26-23-20-17-14-11-8-5-2/h7,9-10,12,16-21,25-29,32-36,40-45,49-50,52-53,62H,4-6,8,11,13-15,22-24,30-31,37-39,46-48,51,54-61H2,1-3H3/b10-7-,12-9-,19-16-,20-17-,21-18-,28-25-,29-26-,34-32-,35-33-,36-27-,43-40-,44-41-,45-42-,52-49-,53-50-/t62-/m0/s1. The highest BCUT2D eigenvalue weighted by Crippen LogP contribution is 2.08. The lowest BCUT2D eigenvalue weighted by Gasteiger charge is -2.18. The van der Waals surface area contributed by atoms with Crippen LogP contribution >= 0.6 is 0 Å². The molecule has 0 aliphatic heterocycles. The first-order valence-corrected chi connectivity index (χ1v) is 27.3. The molecule has 1 atom stereocenters. The third kappa shape index (κ3) is 55.3. The van der Waals surface area contributed by atoms with E-state index in [1.165, 1.54) is 25.7 Å². The van der Waals surface area contributed by atoms with Gasteiger partial charge in [0.15, 0.2) is 6.10 Å². The zero-order chi connectivity index (χ0) is 51.4. The van der Waals surface area contributed by atoms with Gasteiger partial charge < -0.3 is 14.2 Å². The molecule has 0 aromatic carbocycles. The number of carbonyl (C=O) groups excluding carboxylic acids is 3. The van der Waals surface area contributed by atoms with Crippen molar-refractivity contribution in [1.82, 2.24) is 0 Å². The van der Waals surface area contributed by atoms with Crippen molar-refractivity contribution in [3.8, 4) is 0 Å². The lowest BCUT2D eigenvalue weighted by atomic mass is 10.2. The van der Waals surface area contributed by atoms with Crippen LogP contribution in [0, 0.1) is 0 Å². The monoisotopic (exact) mass is 973 g/mol. The number of carbonyl (C=O) groups is 3. The van der Waals surface area contributed by atoms with E-state index in [-0.39, 0.29) is 38.4 Å². The largest absolute Gasteiger partial charge is 0.462 e. The van der Waals surface area contributed by atoms with Gasteiger partial charge in [-0.3, -0.25) is 14.4 Å². The molecule has 6 heteroatoms. The summed E-state index contributed by atoms with van der Waals surface area (Å²) in [6, 6.07) is 0. The summed E-state index contributed by atoms with van der Waals surface area (Å²) in [4.78, 5) is 38.0. The molecule has 6 nitrogen and oxygen atoms in total. The van der Waals surface area contributed by atoms with Crippen molar-refractivity contribution in [2.75, 3.05) is 13.2 Å². The first-order valence-electron chi connectivity index (χ1n) is 27.3. The van der Waals surface area contributed by atoms with Gasteiger partial charge in [0.05, 0.1) is 0 Å². The van der Waals surface area contributed by atoms with Crippen LogP contribution in [0.3, 0.4) is 0 Å². The Labute approximate surface area is 434 Å². The average Bonchev–Trinajstić information content (AvgIpc) is 3.37. The Morgan fingerprint density at radius 1 is 0.296 bits per heavy atom. The molecule has 0 amide bonds. The summed E-state index contributed by atoms with van der Waals surface area (Å²) in [5.74, 6) is -1.19. The number of esters is 3. The Balaban J connectivity index is 4.72. The van der Waals surface area contributed by atoms with Crippen LogP contribution in [0.15, 0.2) is 182 Å². The van der Waals surface area contributed by atoms with E-state index in [2.05, 4.69) is 179 Å². The van der Waals surface area contributed by atoms with Gasteiger partial charge in [0, 0.05) is 19.3 Å². The van der Waals surface area contributed by atoms with E-state index < -0.39 is 18.0 Å². The third-order valence-corrected chi connectivity index (χ3v) is 10.4. The number of allylic oxidation sites excluding steroid dienone is 30. The van der Waals surface area contributed by atoms with Crippen LogP contribution in [0.1, 0.15) is 188 Å². The Morgan fingerprint density at radius 3 is 0.887 bits per heavy atom. The zero-order valence-corrected chi connectivity index (χ0v) is 44.6. The second kappa shape index (κ2) is 57.1. The molecule has 0 fully saturated rings. The molecule has 0 saturated heterocycles. The van der Waals surface area contributed by atoms with Gasteiger partial charge in [0.25, 0.3) is 0 Å². The Kier molecular flexibility index (Phi) is 52.7. The molecular weight excluding hydrogens is 877 g/mol.